The number of nitrogens with zero attached hydrogens (tertiary/aromatic N) is 2. The molecule has 0 spiro atoms. The largest absolute Gasteiger partial charge is 0.414 e. The fourth-order valence-corrected chi connectivity index (χ4v) is 2.29. The Balaban J connectivity index is 2.16. The SMILES string of the molecule is C[C@H](C[C@H](O)C(F)(F)F)c1cc(NC(=O)c2ccc(Cl)cn2)cnc1F. The Hall–Kier alpha value is -2.26. The Labute approximate surface area is 151 Å². The van der Waals surface area contributed by atoms with Crippen molar-refractivity contribution in [3.63, 3.8) is 0 Å². The number of carbonyl (C=O) groups excluding carboxylic acids is 1. The summed E-state index contributed by atoms with van der Waals surface area (Å²) >= 11 is 5.68. The van der Waals surface area contributed by atoms with Crippen molar-refractivity contribution in [1.82, 2.24) is 9.97 Å². The Bertz CT molecular complexity index is 784. The molecule has 0 saturated heterocycles. The van der Waals surface area contributed by atoms with E-state index in [0.717, 1.165) is 6.20 Å². The molecule has 0 bridgehead atoms. The Morgan fingerprint density at radius 3 is 2.58 bits per heavy atom. The molecule has 0 aliphatic heterocycles. The summed E-state index contributed by atoms with van der Waals surface area (Å²) in [6.07, 6.45) is -5.83. The average Bonchev–Trinajstić information content (AvgIpc) is 2.56. The maximum Gasteiger partial charge on any atom is 0.414 e. The number of rotatable bonds is 5. The van der Waals surface area contributed by atoms with Gasteiger partial charge < -0.3 is 10.4 Å². The average molecular weight is 392 g/mol. The number of amides is 1. The van der Waals surface area contributed by atoms with Gasteiger partial charge in [-0.2, -0.15) is 17.6 Å². The van der Waals surface area contributed by atoms with Gasteiger partial charge in [0.1, 0.15) is 11.8 Å². The maximum absolute atomic E-state index is 13.9. The predicted octanol–water partition coefficient (Wildman–Crippen LogP) is 3.94. The van der Waals surface area contributed by atoms with Gasteiger partial charge in [0.15, 0.2) is 0 Å². The second kappa shape index (κ2) is 7.96. The van der Waals surface area contributed by atoms with Gasteiger partial charge in [-0.05, 0) is 30.5 Å². The van der Waals surface area contributed by atoms with Gasteiger partial charge in [0.05, 0.1) is 16.9 Å². The minimum atomic E-state index is -4.80. The van der Waals surface area contributed by atoms with Gasteiger partial charge in [0, 0.05) is 11.8 Å². The van der Waals surface area contributed by atoms with E-state index in [2.05, 4.69) is 15.3 Å². The number of halogens is 5. The van der Waals surface area contributed by atoms with Crippen molar-refractivity contribution in [2.45, 2.75) is 31.5 Å². The highest BCUT2D eigenvalue weighted by Crippen LogP contribution is 2.31. The van der Waals surface area contributed by atoms with E-state index in [1.54, 1.807) is 0 Å². The molecule has 140 valence electrons. The summed E-state index contributed by atoms with van der Waals surface area (Å²) in [6.45, 7) is 1.32. The van der Waals surface area contributed by atoms with Crippen LogP contribution in [0.2, 0.25) is 5.02 Å². The molecule has 0 aliphatic carbocycles. The lowest BCUT2D eigenvalue weighted by Crippen LogP contribution is -2.30. The molecule has 2 N–H and O–H groups in total. The minimum Gasteiger partial charge on any atom is -0.384 e. The van der Waals surface area contributed by atoms with Crippen LogP contribution in [0.25, 0.3) is 0 Å². The number of aliphatic hydroxyl groups is 1. The summed E-state index contributed by atoms with van der Waals surface area (Å²) in [6, 6.07) is 4.00. The first-order valence-corrected chi connectivity index (χ1v) is 7.79. The first-order chi connectivity index (χ1) is 12.1. The highest BCUT2D eigenvalue weighted by molar-refractivity contribution is 6.30. The number of nitrogens with one attached hydrogen (secondary N) is 1. The van der Waals surface area contributed by atoms with E-state index < -0.39 is 36.5 Å². The number of alkyl halides is 3. The van der Waals surface area contributed by atoms with Gasteiger partial charge >= 0.3 is 6.18 Å². The standard InChI is InChI=1S/C16H14ClF4N3O2/c1-8(4-13(25)16(19,20)21)11-5-10(7-23-14(11)18)24-15(26)12-3-2-9(17)6-22-12/h2-3,5-8,13,25H,4H2,1H3,(H,24,26)/t8-,13+/m1/s1. The molecule has 0 fully saturated rings. The molecule has 2 aromatic heterocycles. The van der Waals surface area contributed by atoms with Gasteiger partial charge in [0.25, 0.3) is 5.91 Å². The first-order valence-electron chi connectivity index (χ1n) is 7.41. The molecule has 1 amide bonds. The van der Waals surface area contributed by atoms with Crippen LogP contribution < -0.4 is 5.32 Å². The second-order valence-electron chi connectivity index (χ2n) is 5.61. The van der Waals surface area contributed by atoms with Crippen molar-refractivity contribution in [3.05, 3.63) is 52.8 Å². The summed E-state index contributed by atoms with van der Waals surface area (Å²) < 4.78 is 51.2. The molecule has 2 atom stereocenters. The predicted molar refractivity (Wildman–Crippen MR) is 86.5 cm³/mol. The lowest BCUT2D eigenvalue weighted by atomic mass is 9.95. The molecule has 0 aromatic carbocycles. The summed E-state index contributed by atoms with van der Waals surface area (Å²) in [5.74, 6) is -2.58. The van der Waals surface area contributed by atoms with E-state index in [4.69, 9.17) is 16.7 Å². The van der Waals surface area contributed by atoms with Crippen molar-refractivity contribution < 1.29 is 27.5 Å². The third-order valence-electron chi connectivity index (χ3n) is 3.57. The number of hydrogen-bond acceptors (Lipinski definition) is 4. The molecule has 2 aromatic rings. The summed E-state index contributed by atoms with van der Waals surface area (Å²) in [5, 5.41) is 11.9. The highest BCUT2D eigenvalue weighted by atomic mass is 35.5. The number of hydrogen-bond donors (Lipinski definition) is 2. The van der Waals surface area contributed by atoms with E-state index in [1.165, 1.54) is 31.3 Å². The Kier molecular flexibility index (Phi) is 6.14. The lowest BCUT2D eigenvalue weighted by Gasteiger charge is -2.19. The molecule has 2 rings (SSSR count). The van der Waals surface area contributed by atoms with Crippen LogP contribution in [0, 0.1) is 5.95 Å². The van der Waals surface area contributed by atoms with Crippen molar-refractivity contribution in [3.8, 4) is 0 Å². The lowest BCUT2D eigenvalue weighted by molar-refractivity contribution is -0.206. The van der Waals surface area contributed by atoms with E-state index in [9.17, 15) is 22.4 Å². The molecule has 2 heterocycles. The van der Waals surface area contributed by atoms with Crippen LogP contribution >= 0.6 is 11.6 Å². The monoisotopic (exact) mass is 391 g/mol. The van der Waals surface area contributed by atoms with Gasteiger partial charge in [-0.1, -0.05) is 18.5 Å². The summed E-state index contributed by atoms with van der Waals surface area (Å²) in [7, 11) is 0. The smallest absolute Gasteiger partial charge is 0.384 e. The number of aromatic nitrogens is 2. The maximum atomic E-state index is 13.9. The van der Waals surface area contributed by atoms with E-state index in [0.29, 0.717) is 5.02 Å². The third-order valence-corrected chi connectivity index (χ3v) is 3.79. The fraction of sp³-hybridized carbons (Fsp3) is 0.312. The summed E-state index contributed by atoms with van der Waals surface area (Å²) in [4.78, 5) is 19.3. The molecule has 0 saturated carbocycles. The van der Waals surface area contributed by atoms with Crippen molar-refractivity contribution in [2.24, 2.45) is 0 Å². The summed E-state index contributed by atoms with van der Waals surface area (Å²) in [5.41, 5.74) is -0.0347. The van der Waals surface area contributed by atoms with Gasteiger partial charge in [0.2, 0.25) is 5.95 Å². The fourth-order valence-electron chi connectivity index (χ4n) is 2.18. The van der Waals surface area contributed by atoms with Crippen LogP contribution in [0.15, 0.2) is 30.6 Å². The van der Waals surface area contributed by atoms with Crippen molar-refractivity contribution in [1.29, 1.82) is 0 Å². The quantitative estimate of drug-likeness (QED) is 0.598. The van der Waals surface area contributed by atoms with Crippen LogP contribution in [-0.2, 0) is 0 Å². The van der Waals surface area contributed by atoms with Crippen LogP contribution in [0.3, 0.4) is 0 Å². The van der Waals surface area contributed by atoms with Gasteiger partial charge in [-0.15, -0.1) is 0 Å². The van der Waals surface area contributed by atoms with E-state index in [-0.39, 0.29) is 16.9 Å². The minimum absolute atomic E-state index is 0.0424. The zero-order chi connectivity index (χ0) is 19.5. The Morgan fingerprint density at radius 1 is 1.31 bits per heavy atom. The number of carbonyl (C=O) groups is 1. The molecule has 0 aliphatic rings. The van der Waals surface area contributed by atoms with E-state index >= 15 is 0 Å². The van der Waals surface area contributed by atoms with Crippen LogP contribution in [-0.4, -0.2) is 33.3 Å². The van der Waals surface area contributed by atoms with E-state index in [1.807, 2.05) is 0 Å². The third kappa shape index (κ3) is 5.12. The zero-order valence-corrected chi connectivity index (χ0v) is 14.1. The highest BCUT2D eigenvalue weighted by Gasteiger charge is 2.39. The molecule has 26 heavy (non-hydrogen) atoms. The normalized spacial score (nSPS) is 14.0. The van der Waals surface area contributed by atoms with Crippen molar-refractivity contribution >= 4 is 23.2 Å². The van der Waals surface area contributed by atoms with Crippen LogP contribution in [0.1, 0.15) is 35.3 Å². The zero-order valence-electron chi connectivity index (χ0n) is 13.4. The Morgan fingerprint density at radius 2 is 2.00 bits per heavy atom. The topological polar surface area (TPSA) is 75.1 Å². The molecule has 5 nitrogen and oxygen atoms in total. The number of anilines is 1. The molecular formula is C16H14ClF4N3O2. The molecule has 10 heteroatoms. The number of pyridine rings is 2. The molecule has 0 radical (unpaired) electrons. The first kappa shape index (κ1) is 20.1. The van der Waals surface area contributed by atoms with Gasteiger partial charge in [-0.3, -0.25) is 4.79 Å². The van der Waals surface area contributed by atoms with Crippen LogP contribution in [0.4, 0.5) is 23.2 Å². The molecular weight excluding hydrogens is 378 g/mol. The van der Waals surface area contributed by atoms with Gasteiger partial charge in [-0.25, -0.2) is 9.97 Å². The second-order valence-corrected chi connectivity index (χ2v) is 6.05. The van der Waals surface area contributed by atoms with Crippen molar-refractivity contribution in [2.75, 3.05) is 5.32 Å². The number of aliphatic hydroxyl groups excluding tert-OH is 1. The van der Waals surface area contributed by atoms with Crippen LogP contribution in [0.5, 0.6) is 0 Å². The molecule has 0 unspecified atom stereocenters.